The lowest BCUT2D eigenvalue weighted by Crippen LogP contribution is -2.53. The molecule has 1 aliphatic rings. The number of anilines is 1. The minimum absolute atomic E-state index is 0.0754. The summed E-state index contributed by atoms with van der Waals surface area (Å²) in [6.45, 7) is 5.88. The summed E-state index contributed by atoms with van der Waals surface area (Å²) in [5.41, 5.74) is -0.601. The molecule has 2 amide bonds. The summed E-state index contributed by atoms with van der Waals surface area (Å²) in [5, 5.41) is 0. The average Bonchev–Trinajstić information content (AvgIpc) is 2.38. The van der Waals surface area contributed by atoms with E-state index in [1.165, 1.54) is 21.9 Å². The zero-order chi connectivity index (χ0) is 15.6. The number of pyridine rings is 1. The van der Waals surface area contributed by atoms with Crippen LogP contribution in [-0.4, -0.2) is 47.1 Å². The van der Waals surface area contributed by atoms with Crippen LogP contribution >= 0.6 is 0 Å². The van der Waals surface area contributed by atoms with E-state index in [4.69, 9.17) is 4.74 Å². The Balaban J connectivity index is 2.01. The van der Waals surface area contributed by atoms with Crippen LogP contribution in [0.15, 0.2) is 18.3 Å². The number of carbonyl (C=O) groups excluding carboxylic acids is 2. The Labute approximate surface area is 122 Å². The topological polar surface area (TPSA) is 62.7 Å². The lowest BCUT2D eigenvalue weighted by molar-refractivity contribution is -0.121. The number of piperazine rings is 1. The van der Waals surface area contributed by atoms with Crippen molar-refractivity contribution in [2.24, 2.45) is 0 Å². The van der Waals surface area contributed by atoms with E-state index in [1.54, 1.807) is 20.8 Å². The number of halogens is 1. The maximum absolute atomic E-state index is 12.8. The van der Waals surface area contributed by atoms with Crippen LogP contribution in [0.3, 0.4) is 0 Å². The molecule has 1 aromatic rings. The first kappa shape index (κ1) is 15.2. The molecular weight excluding hydrogens is 277 g/mol. The van der Waals surface area contributed by atoms with Gasteiger partial charge in [-0.1, -0.05) is 0 Å². The van der Waals surface area contributed by atoms with Crippen molar-refractivity contribution in [3.8, 4) is 0 Å². The molecule has 1 aromatic heterocycles. The standard InChI is InChI=1S/C14H18FN3O3/c1-14(2,3)21-13(20)17-6-7-18(12(19)9-17)11-5-4-10(15)8-16-11/h4-5,8H,6-7,9H2,1-3H3. The number of ether oxygens (including phenoxy) is 1. The van der Waals surface area contributed by atoms with E-state index >= 15 is 0 Å². The van der Waals surface area contributed by atoms with Gasteiger partial charge in [0.1, 0.15) is 23.8 Å². The van der Waals surface area contributed by atoms with Crippen molar-refractivity contribution in [3.63, 3.8) is 0 Å². The molecule has 1 saturated heterocycles. The Kier molecular flexibility index (Phi) is 4.11. The van der Waals surface area contributed by atoms with E-state index in [0.717, 1.165) is 6.20 Å². The zero-order valence-electron chi connectivity index (χ0n) is 12.3. The largest absolute Gasteiger partial charge is 0.444 e. The molecule has 114 valence electrons. The van der Waals surface area contributed by atoms with Crippen LogP contribution in [0.5, 0.6) is 0 Å². The number of hydrogen-bond donors (Lipinski definition) is 0. The van der Waals surface area contributed by atoms with Gasteiger partial charge in [-0.15, -0.1) is 0 Å². The highest BCUT2D eigenvalue weighted by Gasteiger charge is 2.31. The smallest absolute Gasteiger partial charge is 0.410 e. The monoisotopic (exact) mass is 295 g/mol. The van der Waals surface area contributed by atoms with Crippen molar-refractivity contribution in [2.45, 2.75) is 26.4 Å². The summed E-state index contributed by atoms with van der Waals surface area (Å²) in [6.07, 6.45) is 0.547. The van der Waals surface area contributed by atoms with Crippen molar-refractivity contribution in [1.29, 1.82) is 0 Å². The molecule has 2 heterocycles. The van der Waals surface area contributed by atoms with Crippen molar-refractivity contribution in [1.82, 2.24) is 9.88 Å². The molecule has 0 aromatic carbocycles. The summed E-state index contributed by atoms with van der Waals surface area (Å²) in [7, 11) is 0. The highest BCUT2D eigenvalue weighted by Crippen LogP contribution is 2.17. The second-order valence-electron chi connectivity index (χ2n) is 5.78. The van der Waals surface area contributed by atoms with E-state index < -0.39 is 17.5 Å². The van der Waals surface area contributed by atoms with Crippen molar-refractivity contribution < 1.29 is 18.7 Å². The molecule has 0 aliphatic carbocycles. The predicted molar refractivity (Wildman–Crippen MR) is 74.4 cm³/mol. The third kappa shape index (κ3) is 3.90. The van der Waals surface area contributed by atoms with Gasteiger partial charge in [-0.3, -0.25) is 14.6 Å². The number of rotatable bonds is 1. The van der Waals surface area contributed by atoms with E-state index in [0.29, 0.717) is 18.9 Å². The van der Waals surface area contributed by atoms with Gasteiger partial charge in [0.15, 0.2) is 0 Å². The van der Waals surface area contributed by atoms with E-state index in [9.17, 15) is 14.0 Å². The Hall–Kier alpha value is -2.18. The van der Waals surface area contributed by atoms with Gasteiger partial charge in [0, 0.05) is 13.1 Å². The lowest BCUT2D eigenvalue weighted by Gasteiger charge is -2.34. The molecule has 1 fully saturated rings. The maximum Gasteiger partial charge on any atom is 0.410 e. The van der Waals surface area contributed by atoms with Gasteiger partial charge in [0.05, 0.1) is 6.20 Å². The van der Waals surface area contributed by atoms with Crippen molar-refractivity contribution >= 4 is 17.8 Å². The van der Waals surface area contributed by atoms with E-state index in [1.807, 2.05) is 0 Å². The third-order valence-electron chi connectivity index (χ3n) is 2.86. The van der Waals surface area contributed by atoms with Gasteiger partial charge in [-0.05, 0) is 32.9 Å². The third-order valence-corrected chi connectivity index (χ3v) is 2.86. The van der Waals surface area contributed by atoms with E-state index in [2.05, 4.69) is 4.98 Å². The number of nitrogens with zero attached hydrogens (tertiary/aromatic N) is 3. The summed E-state index contributed by atoms with van der Waals surface area (Å²) >= 11 is 0. The predicted octanol–water partition coefficient (Wildman–Crippen LogP) is 1.80. The first-order valence-electron chi connectivity index (χ1n) is 6.66. The van der Waals surface area contributed by atoms with Gasteiger partial charge in [0.2, 0.25) is 5.91 Å². The quantitative estimate of drug-likeness (QED) is 0.792. The SMILES string of the molecule is CC(C)(C)OC(=O)N1CCN(c2ccc(F)cn2)C(=O)C1. The summed E-state index contributed by atoms with van der Waals surface area (Å²) < 4.78 is 18.1. The first-order chi connectivity index (χ1) is 9.76. The summed E-state index contributed by atoms with van der Waals surface area (Å²) in [4.78, 5) is 30.7. The number of hydrogen-bond acceptors (Lipinski definition) is 4. The van der Waals surface area contributed by atoms with Crippen LogP contribution in [0.1, 0.15) is 20.8 Å². The molecule has 21 heavy (non-hydrogen) atoms. The molecule has 6 nitrogen and oxygen atoms in total. The Morgan fingerprint density at radius 2 is 2.05 bits per heavy atom. The van der Waals surface area contributed by atoms with Crippen LogP contribution in [-0.2, 0) is 9.53 Å². The molecule has 0 spiro atoms. The molecule has 1 aliphatic heterocycles. The normalized spacial score (nSPS) is 16.1. The van der Waals surface area contributed by atoms with Crippen LogP contribution in [0.4, 0.5) is 15.0 Å². The minimum Gasteiger partial charge on any atom is -0.444 e. The summed E-state index contributed by atoms with van der Waals surface area (Å²) in [5.74, 6) is -0.352. The minimum atomic E-state index is -0.601. The first-order valence-corrected chi connectivity index (χ1v) is 6.66. The van der Waals surface area contributed by atoms with Crippen LogP contribution in [0, 0.1) is 5.82 Å². The molecule has 0 saturated carbocycles. The van der Waals surface area contributed by atoms with Crippen molar-refractivity contribution in [2.75, 3.05) is 24.5 Å². The van der Waals surface area contributed by atoms with Crippen LogP contribution in [0.2, 0.25) is 0 Å². The average molecular weight is 295 g/mol. The fraction of sp³-hybridized carbons (Fsp3) is 0.500. The van der Waals surface area contributed by atoms with E-state index in [-0.39, 0.29) is 12.5 Å². The highest BCUT2D eigenvalue weighted by molar-refractivity contribution is 5.96. The lowest BCUT2D eigenvalue weighted by atomic mass is 10.2. The fourth-order valence-corrected chi connectivity index (χ4v) is 1.93. The summed E-state index contributed by atoms with van der Waals surface area (Å²) in [6, 6.07) is 2.69. The molecule has 0 bridgehead atoms. The second kappa shape index (κ2) is 5.67. The Morgan fingerprint density at radius 1 is 1.33 bits per heavy atom. The van der Waals surface area contributed by atoms with Gasteiger partial charge in [0.25, 0.3) is 0 Å². The number of carbonyl (C=O) groups is 2. The van der Waals surface area contributed by atoms with Gasteiger partial charge >= 0.3 is 6.09 Å². The van der Waals surface area contributed by atoms with Crippen molar-refractivity contribution in [3.05, 3.63) is 24.1 Å². The second-order valence-corrected chi connectivity index (χ2v) is 5.78. The molecule has 0 atom stereocenters. The Bertz CT molecular complexity index is 539. The number of aromatic nitrogens is 1. The molecule has 2 rings (SSSR count). The number of amides is 2. The maximum atomic E-state index is 12.8. The molecule has 0 radical (unpaired) electrons. The van der Waals surface area contributed by atoms with Gasteiger partial charge in [-0.2, -0.15) is 0 Å². The Morgan fingerprint density at radius 3 is 2.57 bits per heavy atom. The van der Waals surface area contributed by atoms with Crippen LogP contribution in [0.25, 0.3) is 0 Å². The fourth-order valence-electron chi connectivity index (χ4n) is 1.93. The highest BCUT2D eigenvalue weighted by atomic mass is 19.1. The van der Waals surface area contributed by atoms with Gasteiger partial charge in [-0.25, -0.2) is 14.2 Å². The van der Waals surface area contributed by atoms with Gasteiger partial charge < -0.3 is 4.74 Å². The zero-order valence-corrected chi connectivity index (χ0v) is 12.3. The molecule has 7 heteroatoms. The molecular formula is C14H18FN3O3. The molecule has 0 N–H and O–H groups in total. The van der Waals surface area contributed by atoms with Crippen LogP contribution < -0.4 is 4.90 Å². The molecule has 0 unspecified atom stereocenters.